The van der Waals surface area contributed by atoms with Gasteiger partial charge in [0.25, 0.3) is 0 Å². The molecule has 66 valence electrons. The molecule has 2 atom stereocenters. The molecule has 0 aliphatic rings. The van der Waals surface area contributed by atoms with Gasteiger partial charge in [-0.25, -0.2) is 0 Å². The molecular formula is C6H13NO4. The molecule has 0 aromatic rings. The van der Waals surface area contributed by atoms with Crippen molar-refractivity contribution in [2.45, 2.75) is 31.6 Å². The average Bonchev–Trinajstić information content (AvgIpc) is 1.82. The number of aliphatic hydroxyl groups excluding tert-OH is 1. The number of carbonyl (C=O) groups is 1. The lowest BCUT2D eigenvalue weighted by atomic mass is 9.96. The SMILES string of the molecule is CC(C)(O)C(O)[C@@H](N)C(=O)O. The van der Waals surface area contributed by atoms with Gasteiger partial charge in [0.15, 0.2) is 0 Å². The summed E-state index contributed by atoms with van der Waals surface area (Å²) in [5.41, 5.74) is 3.55. The lowest BCUT2D eigenvalue weighted by Gasteiger charge is -2.26. The maximum absolute atomic E-state index is 10.2. The second-order valence-corrected chi connectivity index (χ2v) is 2.96. The van der Waals surface area contributed by atoms with Crippen molar-refractivity contribution in [2.24, 2.45) is 5.73 Å². The van der Waals surface area contributed by atoms with E-state index in [2.05, 4.69) is 0 Å². The summed E-state index contributed by atoms with van der Waals surface area (Å²) in [6.07, 6.45) is -1.46. The Labute approximate surface area is 64.4 Å². The predicted molar refractivity (Wildman–Crippen MR) is 37.9 cm³/mol. The molecule has 0 aliphatic heterocycles. The van der Waals surface area contributed by atoms with Crippen LogP contribution < -0.4 is 5.73 Å². The van der Waals surface area contributed by atoms with Crippen molar-refractivity contribution in [1.29, 1.82) is 0 Å². The van der Waals surface area contributed by atoms with Crippen molar-refractivity contribution in [3.63, 3.8) is 0 Å². The second-order valence-electron chi connectivity index (χ2n) is 2.96. The van der Waals surface area contributed by atoms with E-state index in [1.807, 2.05) is 0 Å². The van der Waals surface area contributed by atoms with Crippen LogP contribution in [0.1, 0.15) is 13.8 Å². The van der Waals surface area contributed by atoms with Crippen LogP contribution in [-0.2, 0) is 4.79 Å². The number of nitrogens with two attached hydrogens (primary N) is 1. The van der Waals surface area contributed by atoms with Gasteiger partial charge in [-0.15, -0.1) is 0 Å². The van der Waals surface area contributed by atoms with Crippen molar-refractivity contribution in [1.82, 2.24) is 0 Å². The van der Waals surface area contributed by atoms with Crippen LogP contribution in [0.3, 0.4) is 0 Å². The molecule has 0 saturated carbocycles. The highest BCUT2D eigenvalue weighted by Gasteiger charge is 2.34. The molecule has 11 heavy (non-hydrogen) atoms. The Morgan fingerprint density at radius 1 is 1.55 bits per heavy atom. The molecule has 0 radical (unpaired) electrons. The van der Waals surface area contributed by atoms with Gasteiger partial charge in [-0.2, -0.15) is 0 Å². The number of aliphatic carboxylic acids is 1. The highest BCUT2D eigenvalue weighted by atomic mass is 16.4. The first-order valence-electron chi connectivity index (χ1n) is 3.15. The Morgan fingerprint density at radius 3 is 2.00 bits per heavy atom. The summed E-state index contributed by atoms with van der Waals surface area (Å²) < 4.78 is 0. The fourth-order valence-corrected chi connectivity index (χ4v) is 0.574. The zero-order chi connectivity index (χ0) is 9.23. The van der Waals surface area contributed by atoms with Crippen molar-refractivity contribution in [2.75, 3.05) is 0 Å². The highest BCUT2D eigenvalue weighted by Crippen LogP contribution is 2.10. The van der Waals surface area contributed by atoms with Gasteiger partial charge >= 0.3 is 5.97 Å². The Balaban J connectivity index is 4.25. The Morgan fingerprint density at radius 2 is 1.91 bits per heavy atom. The number of hydrogen-bond acceptors (Lipinski definition) is 4. The van der Waals surface area contributed by atoms with Crippen molar-refractivity contribution >= 4 is 5.97 Å². The van der Waals surface area contributed by atoms with Crippen LogP contribution in [-0.4, -0.2) is 39.0 Å². The van der Waals surface area contributed by atoms with Crippen LogP contribution in [0.5, 0.6) is 0 Å². The molecule has 5 nitrogen and oxygen atoms in total. The highest BCUT2D eigenvalue weighted by molar-refractivity contribution is 5.74. The smallest absolute Gasteiger partial charge is 0.323 e. The predicted octanol–water partition coefficient (Wildman–Crippen LogP) is -1.47. The topological polar surface area (TPSA) is 104 Å². The van der Waals surface area contributed by atoms with E-state index in [1.54, 1.807) is 0 Å². The van der Waals surface area contributed by atoms with Gasteiger partial charge < -0.3 is 21.1 Å². The van der Waals surface area contributed by atoms with E-state index in [0.29, 0.717) is 0 Å². The molecule has 0 fully saturated rings. The van der Waals surface area contributed by atoms with Crippen LogP contribution in [0.2, 0.25) is 0 Å². The summed E-state index contributed by atoms with van der Waals surface area (Å²) in [5, 5.41) is 26.5. The summed E-state index contributed by atoms with van der Waals surface area (Å²) in [5.74, 6) is -1.33. The zero-order valence-electron chi connectivity index (χ0n) is 6.48. The van der Waals surface area contributed by atoms with Crippen molar-refractivity contribution < 1.29 is 20.1 Å². The molecule has 0 aliphatic carbocycles. The molecule has 0 aromatic carbocycles. The van der Waals surface area contributed by atoms with Gasteiger partial charge in [0.05, 0.1) is 5.60 Å². The van der Waals surface area contributed by atoms with Crippen LogP contribution in [0.25, 0.3) is 0 Å². The van der Waals surface area contributed by atoms with Gasteiger partial charge in [-0.05, 0) is 13.8 Å². The molecule has 0 spiro atoms. The summed E-state index contributed by atoms with van der Waals surface area (Å²) in [7, 11) is 0. The normalized spacial score (nSPS) is 17.5. The van der Waals surface area contributed by atoms with E-state index in [4.69, 9.17) is 21.1 Å². The lowest BCUT2D eigenvalue weighted by Crippen LogP contribution is -2.52. The van der Waals surface area contributed by atoms with Crippen LogP contribution in [0.4, 0.5) is 0 Å². The molecule has 0 rings (SSSR count). The average molecular weight is 163 g/mol. The minimum atomic E-state index is -1.49. The monoisotopic (exact) mass is 163 g/mol. The van der Waals surface area contributed by atoms with E-state index in [1.165, 1.54) is 13.8 Å². The van der Waals surface area contributed by atoms with E-state index >= 15 is 0 Å². The zero-order valence-corrected chi connectivity index (χ0v) is 6.48. The van der Waals surface area contributed by atoms with Gasteiger partial charge in [-0.3, -0.25) is 4.79 Å². The summed E-state index contributed by atoms with van der Waals surface area (Å²) >= 11 is 0. The minimum Gasteiger partial charge on any atom is -0.480 e. The number of carboxylic acids is 1. The first-order valence-corrected chi connectivity index (χ1v) is 3.15. The third kappa shape index (κ3) is 2.83. The molecule has 0 heterocycles. The number of aliphatic hydroxyl groups is 2. The fraction of sp³-hybridized carbons (Fsp3) is 0.833. The molecule has 0 amide bonds. The lowest BCUT2D eigenvalue weighted by molar-refractivity contribution is -0.146. The first kappa shape index (κ1) is 10.3. The Hall–Kier alpha value is -0.650. The standard InChI is InChI=1S/C6H13NO4/c1-6(2,11)4(8)3(7)5(9)10/h3-4,8,11H,7H2,1-2H3,(H,9,10)/t3-,4?/m1/s1. The number of hydrogen-bond donors (Lipinski definition) is 4. The molecular weight excluding hydrogens is 150 g/mol. The Kier molecular flexibility index (Phi) is 2.98. The van der Waals surface area contributed by atoms with Gasteiger partial charge in [0.2, 0.25) is 0 Å². The van der Waals surface area contributed by atoms with E-state index in [9.17, 15) is 4.79 Å². The number of rotatable bonds is 3. The summed E-state index contributed by atoms with van der Waals surface area (Å²) in [4.78, 5) is 10.2. The van der Waals surface area contributed by atoms with E-state index in [-0.39, 0.29) is 0 Å². The molecule has 0 aromatic heterocycles. The fourth-order valence-electron chi connectivity index (χ4n) is 0.574. The molecule has 1 unspecified atom stereocenters. The molecule has 0 bridgehead atoms. The summed E-state index contributed by atoms with van der Waals surface area (Å²) in [6, 6.07) is -1.45. The minimum absolute atomic E-state index is 1.29. The number of carboxylic acid groups (broad SMARTS) is 1. The maximum atomic E-state index is 10.2. The molecule has 5 heteroatoms. The summed E-state index contributed by atoms with van der Waals surface area (Å²) in [6.45, 7) is 2.58. The third-order valence-corrected chi connectivity index (χ3v) is 1.35. The van der Waals surface area contributed by atoms with Crippen LogP contribution in [0.15, 0.2) is 0 Å². The molecule has 0 saturated heterocycles. The van der Waals surface area contributed by atoms with Crippen LogP contribution >= 0.6 is 0 Å². The third-order valence-electron chi connectivity index (χ3n) is 1.35. The van der Waals surface area contributed by atoms with E-state index in [0.717, 1.165) is 0 Å². The van der Waals surface area contributed by atoms with Crippen molar-refractivity contribution in [3.8, 4) is 0 Å². The van der Waals surface area contributed by atoms with E-state index < -0.39 is 23.7 Å². The Bertz CT molecular complexity index is 151. The maximum Gasteiger partial charge on any atom is 0.323 e. The quantitative estimate of drug-likeness (QED) is 0.406. The molecule has 5 N–H and O–H groups in total. The largest absolute Gasteiger partial charge is 0.480 e. The van der Waals surface area contributed by atoms with Crippen molar-refractivity contribution in [3.05, 3.63) is 0 Å². The van der Waals surface area contributed by atoms with Gasteiger partial charge in [-0.1, -0.05) is 0 Å². The van der Waals surface area contributed by atoms with Crippen LogP contribution in [0, 0.1) is 0 Å². The van der Waals surface area contributed by atoms with Gasteiger partial charge in [0, 0.05) is 0 Å². The second kappa shape index (κ2) is 3.17. The van der Waals surface area contributed by atoms with Gasteiger partial charge in [0.1, 0.15) is 12.1 Å². The first-order chi connectivity index (χ1) is 4.76.